The Balaban J connectivity index is 1.66. The van der Waals surface area contributed by atoms with Gasteiger partial charge in [0.2, 0.25) is 0 Å². The predicted molar refractivity (Wildman–Crippen MR) is 143 cm³/mol. The van der Waals surface area contributed by atoms with Crippen LogP contribution < -0.4 is 0 Å². The lowest BCUT2D eigenvalue weighted by atomic mass is 9.84. The van der Waals surface area contributed by atoms with Gasteiger partial charge in [-0.05, 0) is 67.4 Å². The largest absolute Gasteiger partial charge is 0.416 e. The van der Waals surface area contributed by atoms with E-state index in [0.29, 0.717) is 37.4 Å². The number of nitrogens with one attached hydrogen (secondary N) is 1. The van der Waals surface area contributed by atoms with E-state index in [-0.39, 0.29) is 5.82 Å². The first-order valence-corrected chi connectivity index (χ1v) is 13.2. The standard InChI is InChI=1S/C29H37F4N5O2/c1-18(20-13-21(28(2,3)4)15-22(14-20)29(31,32)33)40-27-26(19-7-9-23(30)10-8-19)38(11-12-39-27)17-25-24(16-37(5)6)34-36-35-25/h7-10,13-15,18,26-27H,11-12,16-17H2,1-6H3,(H,34,35,36)/t18-,26?,27?/m1/s1. The maximum absolute atomic E-state index is 13.8. The van der Waals surface area contributed by atoms with Crippen LogP contribution in [0, 0.1) is 5.82 Å². The number of H-pyrrole nitrogens is 1. The lowest BCUT2D eigenvalue weighted by molar-refractivity contribution is -0.231. The highest BCUT2D eigenvalue weighted by Crippen LogP contribution is 2.38. The molecule has 218 valence electrons. The molecule has 1 saturated heterocycles. The first-order chi connectivity index (χ1) is 18.7. The van der Waals surface area contributed by atoms with E-state index in [1.54, 1.807) is 25.1 Å². The second kappa shape index (κ2) is 11.9. The summed E-state index contributed by atoms with van der Waals surface area (Å²) >= 11 is 0. The Labute approximate surface area is 232 Å². The Hall–Kier alpha value is -2.86. The molecule has 0 bridgehead atoms. The van der Waals surface area contributed by atoms with Crippen LogP contribution in [0.5, 0.6) is 0 Å². The summed E-state index contributed by atoms with van der Waals surface area (Å²) in [7, 11) is 3.89. The average molecular weight is 564 g/mol. The van der Waals surface area contributed by atoms with Gasteiger partial charge in [0, 0.05) is 19.6 Å². The third kappa shape index (κ3) is 7.25. The third-order valence-corrected chi connectivity index (χ3v) is 7.00. The maximum atomic E-state index is 13.8. The van der Waals surface area contributed by atoms with Crippen molar-refractivity contribution in [1.82, 2.24) is 25.2 Å². The number of ether oxygens (including phenoxy) is 2. The van der Waals surface area contributed by atoms with Gasteiger partial charge in [0.15, 0.2) is 6.29 Å². The number of halogens is 4. The molecule has 7 nitrogen and oxygen atoms in total. The van der Waals surface area contributed by atoms with Crippen LogP contribution in [0.15, 0.2) is 42.5 Å². The Morgan fingerprint density at radius 2 is 1.70 bits per heavy atom. The highest BCUT2D eigenvalue weighted by molar-refractivity contribution is 5.36. The Morgan fingerprint density at radius 1 is 1.05 bits per heavy atom. The number of benzene rings is 2. The summed E-state index contributed by atoms with van der Waals surface area (Å²) in [6.45, 7) is 9.25. The zero-order valence-electron chi connectivity index (χ0n) is 23.7. The fourth-order valence-corrected chi connectivity index (χ4v) is 4.79. The summed E-state index contributed by atoms with van der Waals surface area (Å²) in [5.74, 6) is -0.374. The molecule has 1 aliphatic rings. The monoisotopic (exact) mass is 563 g/mol. The molecule has 3 atom stereocenters. The van der Waals surface area contributed by atoms with E-state index in [4.69, 9.17) is 9.47 Å². The Kier molecular flexibility index (Phi) is 8.99. The van der Waals surface area contributed by atoms with Crippen molar-refractivity contribution in [1.29, 1.82) is 0 Å². The van der Waals surface area contributed by atoms with E-state index in [9.17, 15) is 17.6 Å². The number of morpholine rings is 1. The summed E-state index contributed by atoms with van der Waals surface area (Å²) in [5, 5.41) is 11.3. The van der Waals surface area contributed by atoms with Crippen LogP contribution in [0.25, 0.3) is 0 Å². The van der Waals surface area contributed by atoms with Gasteiger partial charge < -0.3 is 14.4 Å². The first kappa shape index (κ1) is 30.1. The van der Waals surface area contributed by atoms with Gasteiger partial charge in [-0.1, -0.05) is 39.0 Å². The molecular formula is C29H37F4N5O2. The van der Waals surface area contributed by atoms with E-state index < -0.39 is 35.6 Å². The molecule has 40 heavy (non-hydrogen) atoms. The number of alkyl halides is 3. The van der Waals surface area contributed by atoms with Crippen LogP contribution in [-0.2, 0) is 34.2 Å². The third-order valence-electron chi connectivity index (χ3n) is 7.00. The molecule has 0 spiro atoms. The van der Waals surface area contributed by atoms with E-state index in [1.165, 1.54) is 18.2 Å². The normalized spacial score (nSPS) is 19.8. The number of nitrogens with zero attached hydrogens (tertiary/aromatic N) is 4. The molecule has 1 N–H and O–H groups in total. The molecule has 2 aromatic carbocycles. The molecule has 0 aliphatic carbocycles. The van der Waals surface area contributed by atoms with Crippen LogP contribution in [0.3, 0.4) is 0 Å². The second-order valence-electron chi connectivity index (χ2n) is 11.5. The molecule has 3 aromatic rings. The van der Waals surface area contributed by atoms with Crippen LogP contribution in [0.2, 0.25) is 0 Å². The minimum atomic E-state index is -4.49. The van der Waals surface area contributed by atoms with Crippen molar-refractivity contribution < 1.29 is 27.0 Å². The van der Waals surface area contributed by atoms with Crippen LogP contribution >= 0.6 is 0 Å². The van der Waals surface area contributed by atoms with Gasteiger partial charge in [0.05, 0.1) is 24.3 Å². The lowest BCUT2D eigenvalue weighted by Gasteiger charge is -2.42. The number of hydrogen-bond donors (Lipinski definition) is 1. The Bertz CT molecular complexity index is 1240. The zero-order valence-corrected chi connectivity index (χ0v) is 23.7. The molecule has 2 unspecified atom stereocenters. The van der Waals surface area contributed by atoms with Gasteiger partial charge in [-0.15, -0.1) is 0 Å². The van der Waals surface area contributed by atoms with E-state index in [1.807, 2.05) is 39.8 Å². The fourth-order valence-electron chi connectivity index (χ4n) is 4.79. The minimum Gasteiger partial charge on any atom is -0.349 e. The van der Waals surface area contributed by atoms with Gasteiger partial charge in [-0.25, -0.2) is 4.39 Å². The summed E-state index contributed by atoms with van der Waals surface area (Å²) in [6.07, 6.45) is -6.04. The number of hydrogen-bond acceptors (Lipinski definition) is 6. The van der Waals surface area contributed by atoms with Crippen molar-refractivity contribution in [3.8, 4) is 0 Å². The van der Waals surface area contributed by atoms with Gasteiger partial charge >= 0.3 is 6.18 Å². The highest BCUT2D eigenvalue weighted by atomic mass is 19.4. The summed E-state index contributed by atoms with van der Waals surface area (Å²) in [4.78, 5) is 4.12. The number of aromatic amines is 1. The van der Waals surface area contributed by atoms with Gasteiger partial charge in [-0.2, -0.15) is 28.6 Å². The van der Waals surface area contributed by atoms with Crippen molar-refractivity contribution in [3.63, 3.8) is 0 Å². The van der Waals surface area contributed by atoms with Crippen LogP contribution in [0.4, 0.5) is 17.6 Å². The van der Waals surface area contributed by atoms with Crippen molar-refractivity contribution >= 4 is 0 Å². The number of aromatic nitrogens is 3. The van der Waals surface area contributed by atoms with Gasteiger partial charge in [0.1, 0.15) is 17.2 Å². The topological polar surface area (TPSA) is 66.5 Å². The molecule has 0 saturated carbocycles. The van der Waals surface area contributed by atoms with Crippen LogP contribution in [-0.4, -0.2) is 58.7 Å². The van der Waals surface area contributed by atoms with Gasteiger partial charge in [0.25, 0.3) is 0 Å². The Morgan fingerprint density at radius 3 is 2.33 bits per heavy atom. The van der Waals surface area contributed by atoms with E-state index in [0.717, 1.165) is 23.0 Å². The van der Waals surface area contributed by atoms with Crippen molar-refractivity contribution in [3.05, 3.63) is 81.9 Å². The second-order valence-corrected chi connectivity index (χ2v) is 11.5. The number of rotatable bonds is 8. The zero-order chi connectivity index (χ0) is 29.2. The molecule has 0 amide bonds. The molecule has 2 heterocycles. The smallest absolute Gasteiger partial charge is 0.349 e. The lowest BCUT2D eigenvalue weighted by Crippen LogP contribution is -2.46. The van der Waals surface area contributed by atoms with Crippen molar-refractivity contribution in [2.24, 2.45) is 0 Å². The maximum Gasteiger partial charge on any atom is 0.416 e. The molecule has 1 aliphatic heterocycles. The van der Waals surface area contributed by atoms with Crippen molar-refractivity contribution in [2.45, 2.75) is 70.8 Å². The molecule has 11 heteroatoms. The summed E-state index contributed by atoms with van der Waals surface area (Å²) < 4.78 is 67.7. The van der Waals surface area contributed by atoms with Gasteiger partial charge in [-0.3, -0.25) is 4.90 Å². The molecular weight excluding hydrogens is 526 g/mol. The molecule has 0 radical (unpaired) electrons. The van der Waals surface area contributed by atoms with Crippen molar-refractivity contribution in [2.75, 3.05) is 27.2 Å². The SMILES string of the molecule is C[C@@H](OC1OCCN(Cc2n[nH]nc2CN(C)C)C1c1ccc(F)cc1)c1cc(C(C)(C)C)cc(C(F)(F)F)c1. The fraction of sp³-hybridized carbons (Fsp3) is 0.517. The quantitative estimate of drug-likeness (QED) is 0.339. The average Bonchev–Trinajstić information content (AvgIpc) is 3.29. The highest BCUT2D eigenvalue weighted by Gasteiger charge is 2.38. The van der Waals surface area contributed by atoms with Crippen LogP contribution in [0.1, 0.15) is 73.5 Å². The van der Waals surface area contributed by atoms with E-state index in [2.05, 4.69) is 20.3 Å². The minimum absolute atomic E-state index is 0.339. The summed E-state index contributed by atoms with van der Waals surface area (Å²) in [6, 6.07) is 9.72. The predicted octanol–water partition coefficient (Wildman–Crippen LogP) is 6.00. The molecule has 1 fully saturated rings. The first-order valence-electron chi connectivity index (χ1n) is 13.2. The summed E-state index contributed by atoms with van der Waals surface area (Å²) in [5.41, 5.74) is 2.09. The molecule has 4 rings (SSSR count). The molecule has 1 aromatic heterocycles. The van der Waals surface area contributed by atoms with E-state index >= 15 is 0 Å².